The first-order valence-corrected chi connectivity index (χ1v) is 5.20. The number of rotatable bonds is 7. The number of carbonyl (C=O) groups is 2. The number of ether oxygens (including phenoxy) is 1. The highest BCUT2D eigenvalue weighted by molar-refractivity contribution is 5.96. The minimum atomic E-state index is -1.06. The van der Waals surface area contributed by atoms with Crippen molar-refractivity contribution in [2.45, 2.75) is 18.9 Å². The molecule has 0 aliphatic rings. The molecule has 6 nitrogen and oxygen atoms in total. The molecule has 0 aliphatic carbocycles. The molecule has 0 fully saturated rings. The minimum absolute atomic E-state index is 0.308. The fourth-order valence-electron chi connectivity index (χ4n) is 1.32. The Kier molecular flexibility index (Phi) is 5.22. The second kappa shape index (κ2) is 6.70. The van der Waals surface area contributed by atoms with Gasteiger partial charge in [-0.3, -0.25) is 4.79 Å². The zero-order chi connectivity index (χ0) is 12.7. The highest BCUT2D eigenvalue weighted by Crippen LogP contribution is 2.03. The van der Waals surface area contributed by atoms with E-state index in [-0.39, 0.29) is 0 Å². The standard InChI is InChI=1S/C11H15NO5/c1-16-5-2-3-9(11(14)15)12-10(13)8-4-6-17-7-8/h4,6-7,9H,2-3,5H2,1H3,(H,12,13)(H,14,15). The zero-order valence-electron chi connectivity index (χ0n) is 9.51. The van der Waals surface area contributed by atoms with Crippen LogP contribution in [0.4, 0.5) is 0 Å². The van der Waals surface area contributed by atoms with Crippen molar-refractivity contribution >= 4 is 11.9 Å². The van der Waals surface area contributed by atoms with Gasteiger partial charge in [-0.05, 0) is 18.9 Å². The van der Waals surface area contributed by atoms with Crippen LogP contribution in [0.3, 0.4) is 0 Å². The third-order valence-electron chi connectivity index (χ3n) is 2.23. The third-order valence-corrected chi connectivity index (χ3v) is 2.23. The Morgan fingerprint density at radius 3 is 2.88 bits per heavy atom. The molecule has 1 atom stereocenters. The SMILES string of the molecule is COCCCC(NC(=O)c1ccoc1)C(=O)O. The Labute approximate surface area is 98.6 Å². The van der Waals surface area contributed by atoms with Crippen LogP contribution in [0.1, 0.15) is 23.2 Å². The molecule has 6 heteroatoms. The predicted molar refractivity (Wildman–Crippen MR) is 58.7 cm³/mol. The van der Waals surface area contributed by atoms with Gasteiger partial charge >= 0.3 is 5.97 Å². The summed E-state index contributed by atoms with van der Waals surface area (Å²) in [6.45, 7) is 0.464. The van der Waals surface area contributed by atoms with Gasteiger partial charge in [-0.15, -0.1) is 0 Å². The topological polar surface area (TPSA) is 88.8 Å². The third kappa shape index (κ3) is 4.28. The van der Waals surface area contributed by atoms with E-state index in [1.54, 1.807) is 7.11 Å². The first-order valence-electron chi connectivity index (χ1n) is 5.20. The molecule has 1 rings (SSSR count). The van der Waals surface area contributed by atoms with Crippen LogP contribution in [0, 0.1) is 0 Å². The molecule has 94 valence electrons. The number of carboxylic acids is 1. The van der Waals surface area contributed by atoms with Crippen LogP contribution in [0.25, 0.3) is 0 Å². The van der Waals surface area contributed by atoms with Gasteiger partial charge in [0.25, 0.3) is 5.91 Å². The summed E-state index contributed by atoms with van der Waals surface area (Å²) in [5, 5.41) is 11.4. The number of amides is 1. The van der Waals surface area contributed by atoms with Crippen LogP contribution >= 0.6 is 0 Å². The van der Waals surface area contributed by atoms with Gasteiger partial charge in [-0.25, -0.2) is 4.79 Å². The van der Waals surface area contributed by atoms with Gasteiger partial charge in [0.05, 0.1) is 11.8 Å². The van der Waals surface area contributed by atoms with E-state index >= 15 is 0 Å². The molecule has 1 aromatic rings. The molecule has 1 heterocycles. The molecule has 1 aromatic heterocycles. The smallest absolute Gasteiger partial charge is 0.326 e. The first kappa shape index (κ1) is 13.2. The predicted octanol–water partition coefficient (Wildman–Crippen LogP) is 0.889. The maximum Gasteiger partial charge on any atom is 0.326 e. The van der Waals surface area contributed by atoms with Gasteiger partial charge in [0, 0.05) is 13.7 Å². The van der Waals surface area contributed by atoms with Gasteiger partial charge < -0.3 is 19.6 Å². The van der Waals surface area contributed by atoms with E-state index in [2.05, 4.69) is 5.32 Å². The van der Waals surface area contributed by atoms with Crippen LogP contribution in [0.15, 0.2) is 23.0 Å². The number of hydrogen-bond donors (Lipinski definition) is 2. The molecular formula is C11H15NO5. The lowest BCUT2D eigenvalue weighted by atomic mass is 10.1. The summed E-state index contributed by atoms with van der Waals surface area (Å²) in [5.41, 5.74) is 0.308. The van der Waals surface area contributed by atoms with Crippen molar-refractivity contribution in [3.8, 4) is 0 Å². The number of hydrogen-bond acceptors (Lipinski definition) is 4. The van der Waals surface area contributed by atoms with Crippen molar-refractivity contribution in [2.75, 3.05) is 13.7 Å². The average Bonchev–Trinajstić information content (AvgIpc) is 2.81. The first-order chi connectivity index (χ1) is 8.15. The Hall–Kier alpha value is -1.82. The molecule has 0 saturated carbocycles. The zero-order valence-corrected chi connectivity index (χ0v) is 9.51. The molecule has 1 unspecified atom stereocenters. The van der Waals surface area contributed by atoms with E-state index in [0.717, 1.165) is 0 Å². The molecule has 0 spiro atoms. The largest absolute Gasteiger partial charge is 0.480 e. The second-order valence-electron chi connectivity index (χ2n) is 3.51. The number of carbonyl (C=O) groups excluding carboxylic acids is 1. The average molecular weight is 241 g/mol. The molecule has 0 bridgehead atoms. The van der Waals surface area contributed by atoms with Crippen LogP contribution in [0.2, 0.25) is 0 Å². The van der Waals surface area contributed by atoms with E-state index in [4.69, 9.17) is 14.3 Å². The van der Waals surface area contributed by atoms with Gasteiger partial charge in [0.15, 0.2) is 0 Å². The van der Waals surface area contributed by atoms with Crippen molar-refractivity contribution in [3.05, 3.63) is 24.2 Å². The molecule has 1 amide bonds. The van der Waals surface area contributed by atoms with E-state index in [0.29, 0.717) is 25.0 Å². The van der Waals surface area contributed by atoms with Gasteiger partial charge in [-0.2, -0.15) is 0 Å². The second-order valence-corrected chi connectivity index (χ2v) is 3.51. The van der Waals surface area contributed by atoms with Crippen molar-refractivity contribution in [3.63, 3.8) is 0 Å². The maximum absolute atomic E-state index is 11.6. The van der Waals surface area contributed by atoms with Gasteiger partial charge in [-0.1, -0.05) is 0 Å². The van der Waals surface area contributed by atoms with Crippen molar-refractivity contribution in [2.24, 2.45) is 0 Å². The summed E-state index contributed by atoms with van der Waals surface area (Å²) in [6.07, 6.45) is 3.52. The van der Waals surface area contributed by atoms with Crippen molar-refractivity contribution in [1.82, 2.24) is 5.32 Å². The number of furan rings is 1. The molecule has 0 saturated heterocycles. The molecule has 17 heavy (non-hydrogen) atoms. The summed E-state index contributed by atoms with van der Waals surface area (Å²) >= 11 is 0. The maximum atomic E-state index is 11.6. The highest BCUT2D eigenvalue weighted by Gasteiger charge is 2.20. The Morgan fingerprint density at radius 2 is 2.35 bits per heavy atom. The quantitative estimate of drug-likeness (QED) is 0.692. The Morgan fingerprint density at radius 1 is 1.59 bits per heavy atom. The summed E-state index contributed by atoms with van der Waals surface area (Å²) < 4.78 is 9.58. The normalized spacial score (nSPS) is 12.1. The molecule has 0 aliphatic heterocycles. The lowest BCUT2D eigenvalue weighted by molar-refractivity contribution is -0.139. The fourth-order valence-corrected chi connectivity index (χ4v) is 1.32. The van der Waals surface area contributed by atoms with Gasteiger partial charge in [0.1, 0.15) is 12.3 Å². The van der Waals surface area contributed by atoms with E-state index in [1.807, 2.05) is 0 Å². The van der Waals surface area contributed by atoms with Crippen molar-refractivity contribution in [1.29, 1.82) is 0 Å². The van der Waals surface area contributed by atoms with E-state index < -0.39 is 17.9 Å². The summed E-state index contributed by atoms with van der Waals surface area (Å²) in [5.74, 6) is -1.51. The Bertz CT molecular complexity index is 360. The van der Waals surface area contributed by atoms with E-state index in [9.17, 15) is 9.59 Å². The molecule has 2 N–H and O–H groups in total. The summed E-state index contributed by atoms with van der Waals surface area (Å²) in [6, 6.07) is 0.566. The number of nitrogens with one attached hydrogen (secondary N) is 1. The summed E-state index contributed by atoms with van der Waals surface area (Å²) in [7, 11) is 1.54. The van der Waals surface area contributed by atoms with Crippen LogP contribution in [-0.2, 0) is 9.53 Å². The van der Waals surface area contributed by atoms with Gasteiger partial charge in [0.2, 0.25) is 0 Å². The molecule has 0 aromatic carbocycles. The summed E-state index contributed by atoms with van der Waals surface area (Å²) in [4.78, 5) is 22.5. The highest BCUT2D eigenvalue weighted by atomic mass is 16.5. The minimum Gasteiger partial charge on any atom is -0.480 e. The van der Waals surface area contributed by atoms with Crippen molar-refractivity contribution < 1.29 is 23.8 Å². The number of methoxy groups -OCH3 is 1. The molecular weight excluding hydrogens is 226 g/mol. The Balaban J connectivity index is 2.49. The number of carboxylic acid groups (broad SMARTS) is 1. The van der Waals surface area contributed by atoms with Crippen LogP contribution < -0.4 is 5.32 Å². The van der Waals surface area contributed by atoms with E-state index in [1.165, 1.54) is 18.6 Å². The van der Waals surface area contributed by atoms with Crippen LogP contribution in [0.5, 0.6) is 0 Å². The number of aliphatic carboxylic acids is 1. The monoisotopic (exact) mass is 241 g/mol. The fraction of sp³-hybridized carbons (Fsp3) is 0.455. The lowest BCUT2D eigenvalue weighted by Gasteiger charge is -2.13. The van der Waals surface area contributed by atoms with Crippen LogP contribution in [-0.4, -0.2) is 36.7 Å². The molecule has 0 radical (unpaired) electrons. The lowest BCUT2D eigenvalue weighted by Crippen LogP contribution is -2.40.